The van der Waals surface area contributed by atoms with Gasteiger partial charge in [-0.15, -0.1) is 0 Å². The van der Waals surface area contributed by atoms with E-state index in [1.807, 2.05) is 31.2 Å². The molecule has 0 saturated carbocycles. The minimum absolute atomic E-state index is 0.0511. The lowest BCUT2D eigenvalue weighted by atomic mass is 9.95. The predicted octanol–water partition coefficient (Wildman–Crippen LogP) is 5.24. The van der Waals surface area contributed by atoms with Crippen molar-refractivity contribution in [2.45, 2.75) is 51.0 Å². The first kappa shape index (κ1) is 23.7. The van der Waals surface area contributed by atoms with Crippen LogP contribution < -0.4 is 10.6 Å². The van der Waals surface area contributed by atoms with Crippen LogP contribution in [0.4, 0.5) is 27.8 Å². The molecule has 10 heteroatoms. The van der Waals surface area contributed by atoms with Crippen molar-refractivity contribution in [3.05, 3.63) is 82.5 Å². The number of aromatic nitrogens is 2. The molecule has 0 aliphatic carbocycles. The van der Waals surface area contributed by atoms with Crippen LogP contribution in [0.2, 0.25) is 0 Å². The third-order valence-electron chi connectivity index (χ3n) is 5.93. The van der Waals surface area contributed by atoms with Gasteiger partial charge < -0.3 is 10.6 Å². The first-order chi connectivity index (χ1) is 16.2. The van der Waals surface area contributed by atoms with Gasteiger partial charge in [-0.2, -0.15) is 18.3 Å². The van der Waals surface area contributed by atoms with Gasteiger partial charge in [0, 0.05) is 18.5 Å². The summed E-state index contributed by atoms with van der Waals surface area (Å²) in [6, 6.07) is 8.22. The lowest BCUT2D eigenvalue weighted by molar-refractivity contribution is -0.173. The van der Waals surface area contributed by atoms with Crippen molar-refractivity contribution in [2.24, 2.45) is 0 Å². The normalized spacial score (nSPS) is 17.7. The molecule has 0 spiro atoms. The largest absolute Gasteiger partial charge is 0.410 e. The van der Waals surface area contributed by atoms with E-state index < -0.39 is 35.8 Å². The number of aryl methyl sites for hydroxylation is 1. The van der Waals surface area contributed by atoms with Crippen LogP contribution in [0.3, 0.4) is 0 Å². The zero-order valence-corrected chi connectivity index (χ0v) is 18.3. The Balaban J connectivity index is 1.52. The van der Waals surface area contributed by atoms with E-state index in [1.165, 1.54) is 12.3 Å². The zero-order valence-electron chi connectivity index (χ0n) is 18.3. The van der Waals surface area contributed by atoms with E-state index in [-0.39, 0.29) is 25.2 Å². The second-order valence-corrected chi connectivity index (χ2v) is 8.25. The highest BCUT2D eigenvalue weighted by Crippen LogP contribution is 2.44. The van der Waals surface area contributed by atoms with E-state index in [0.717, 1.165) is 28.8 Å². The molecule has 5 nitrogen and oxygen atoms in total. The molecule has 2 N–H and O–H groups in total. The summed E-state index contributed by atoms with van der Waals surface area (Å²) in [7, 11) is 0. The van der Waals surface area contributed by atoms with E-state index >= 15 is 0 Å². The predicted molar refractivity (Wildman–Crippen MR) is 116 cm³/mol. The molecular formula is C24H23F5N4O. The molecule has 1 aliphatic heterocycles. The number of carbonyl (C=O) groups excluding carboxylic acids is 1. The van der Waals surface area contributed by atoms with Crippen LogP contribution in [0, 0.1) is 11.6 Å². The fourth-order valence-corrected chi connectivity index (χ4v) is 4.03. The highest BCUT2D eigenvalue weighted by Gasteiger charge is 2.46. The van der Waals surface area contributed by atoms with Crippen molar-refractivity contribution in [3.8, 4) is 0 Å². The molecule has 1 amide bonds. The summed E-state index contributed by atoms with van der Waals surface area (Å²) in [6.07, 6.45) is -2.90. The Labute approximate surface area is 193 Å². The first-order valence-electron chi connectivity index (χ1n) is 10.8. The fourth-order valence-electron chi connectivity index (χ4n) is 4.03. The van der Waals surface area contributed by atoms with Crippen LogP contribution in [0.25, 0.3) is 0 Å². The Kier molecular flexibility index (Phi) is 6.58. The molecule has 1 aromatic heterocycles. The fraction of sp³-hybridized carbons (Fsp3) is 0.333. The number of alkyl halides is 3. The molecule has 2 unspecified atom stereocenters. The van der Waals surface area contributed by atoms with Gasteiger partial charge >= 0.3 is 6.18 Å². The van der Waals surface area contributed by atoms with Crippen molar-refractivity contribution < 1.29 is 26.7 Å². The molecular weight excluding hydrogens is 455 g/mol. The highest BCUT2D eigenvalue weighted by molar-refractivity contribution is 5.80. The number of hydrogen-bond donors (Lipinski definition) is 2. The number of rotatable bonds is 6. The van der Waals surface area contributed by atoms with Crippen molar-refractivity contribution in [2.75, 3.05) is 5.32 Å². The lowest BCUT2D eigenvalue weighted by Crippen LogP contribution is -2.36. The molecule has 2 heterocycles. The number of amides is 1. The number of hydrogen-bond acceptors (Lipinski definition) is 3. The number of nitrogens with zero attached hydrogens (tertiary/aromatic N) is 2. The van der Waals surface area contributed by atoms with Crippen molar-refractivity contribution in [1.82, 2.24) is 15.1 Å². The third-order valence-corrected chi connectivity index (χ3v) is 5.93. The second kappa shape index (κ2) is 9.44. The molecule has 3 aromatic rings. The number of carbonyl (C=O) groups is 1. The quantitative estimate of drug-likeness (QED) is 0.477. The monoisotopic (exact) mass is 478 g/mol. The molecule has 1 aliphatic rings. The average Bonchev–Trinajstić information content (AvgIpc) is 3.21. The van der Waals surface area contributed by atoms with Gasteiger partial charge in [-0.3, -0.25) is 4.79 Å². The molecule has 0 bridgehead atoms. The Hall–Kier alpha value is -3.43. The highest BCUT2D eigenvalue weighted by atomic mass is 19.4. The van der Waals surface area contributed by atoms with Crippen LogP contribution >= 0.6 is 0 Å². The summed E-state index contributed by atoms with van der Waals surface area (Å²) in [4.78, 5) is 12.5. The van der Waals surface area contributed by atoms with Crippen LogP contribution in [-0.4, -0.2) is 21.9 Å². The van der Waals surface area contributed by atoms with E-state index in [4.69, 9.17) is 0 Å². The maximum absolute atomic E-state index is 13.8. The van der Waals surface area contributed by atoms with Gasteiger partial charge in [0.15, 0.2) is 17.7 Å². The molecule has 4 rings (SSSR count). The average molecular weight is 478 g/mol. The second-order valence-electron chi connectivity index (χ2n) is 8.25. The molecule has 2 atom stereocenters. The summed E-state index contributed by atoms with van der Waals surface area (Å²) < 4.78 is 68.8. The molecule has 0 radical (unpaired) electrons. The number of anilines is 1. The van der Waals surface area contributed by atoms with Crippen molar-refractivity contribution in [3.63, 3.8) is 0 Å². The van der Waals surface area contributed by atoms with Gasteiger partial charge in [0.05, 0.1) is 18.7 Å². The number of benzene rings is 2. The number of nitrogens with one attached hydrogen (secondary N) is 2. The van der Waals surface area contributed by atoms with E-state index in [2.05, 4.69) is 15.7 Å². The van der Waals surface area contributed by atoms with Crippen LogP contribution in [-0.2, 0) is 24.2 Å². The van der Waals surface area contributed by atoms with Gasteiger partial charge in [-0.1, -0.05) is 37.3 Å². The van der Waals surface area contributed by atoms with E-state index in [9.17, 15) is 26.7 Å². The zero-order chi connectivity index (χ0) is 24.5. The standard InChI is InChI=1S/C24H23F5N4O/c1-2-14-3-6-16(7-4-14)20-11-21(24(27,28)29)33-23(32-20)17(13-31-33)10-22(34)30-12-15-5-8-18(25)19(26)9-15/h3-9,13,20-21,32H,2,10-12H2,1H3,(H,30,34). The van der Waals surface area contributed by atoms with E-state index in [1.54, 1.807) is 0 Å². The molecule has 2 aromatic carbocycles. The SMILES string of the molecule is CCc1ccc(C2CC(C(F)(F)F)n3ncc(CC(=O)NCc4ccc(F)c(F)c4)c3N2)cc1. The van der Waals surface area contributed by atoms with Gasteiger partial charge in [0.2, 0.25) is 5.91 Å². The Bertz CT molecular complexity index is 1170. The summed E-state index contributed by atoms with van der Waals surface area (Å²) >= 11 is 0. The summed E-state index contributed by atoms with van der Waals surface area (Å²) in [5, 5.41) is 9.61. The Morgan fingerprint density at radius 1 is 1.12 bits per heavy atom. The maximum Gasteiger partial charge on any atom is 0.410 e. The number of halogens is 5. The van der Waals surface area contributed by atoms with Gasteiger partial charge in [-0.05, 0) is 35.2 Å². The minimum atomic E-state index is -4.52. The minimum Gasteiger partial charge on any atom is -0.363 e. The molecule has 0 fully saturated rings. The smallest absolute Gasteiger partial charge is 0.363 e. The third kappa shape index (κ3) is 5.05. The Morgan fingerprint density at radius 3 is 2.47 bits per heavy atom. The van der Waals surface area contributed by atoms with Crippen molar-refractivity contribution in [1.29, 1.82) is 0 Å². The summed E-state index contributed by atoms with van der Waals surface area (Å²) in [6.45, 7) is 1.94. The van der Waals surface area contributed by atoms with Crippen molar-refractivity contribution >= 4 is 11.7 Å². The maximum atomic E-state index is 13.8. The molecule has 180 valence electrons. The van der Waals surface area contributed by atoms with Gasteiger partial charge in [0.25, 0.3) is 0 Å². The van der Waals surface area contributed by atoms with Gasteiger partial charge in [0.1, 0.15) is 5.82 Å². The van der Waals surface area contributed by atoms with E-state index in [0.29, 0.717) is 16.7 Å². The molecule has 34 heavy (non-hydrogen) atoms. The van der Waals surface area contributed by atoms with Gasteiger partial charge in [-0.25, -0.2) is 13.5 Å². The van der Waals surface area contributed by atoms with Crippen LogP contribution in [0.1, 0.15) is 47.7 Å². The first-order valence-corrected chi connectivity index (χ1v) is 10.8. The van der Waals surface area contributed by atoms with Crippen LogP contribution in [0.5, 0.6) is 0 Å². The summed E-state index contributed by atoms with van der Waals surface area (Å²) in [5.74, 6) is -2.37. The number of fused-ring (bicyclic) bond motifs is 1. The molecule has 0 saturated heterocycles. The summed E-state index contributed by atoms with van der Waals surface area (Å²) in [5.41, 5.74) is 2.46. The van der Waals surface area contributed by atoms with Crippen LogP contribution in [0.15, 0.2) is 48.7 Å². The lowest BCUT2D eigenvalue weighted by Gasteiger charge is -2.34. The Morgan fingerprint density at radius 2 is 1.82 bits per heavy atom. The topological polar surface area (TPSA) is 59.0 Å².